The molecule has 0 aliphatic heterocycles. The van der Waals surface area contributed by atoms with Crippen LogP contribution in [0.4, 0.5) is 0 Å². The number of likely N-dealkylation sites (N-methyl/N-ethyl adjacent to an activating group) is 1. The van der Waals surface area contributed by atoms with E-state index in [1.807, 2.05) is 38.4 Å². The van der Waals surface area contributed by atoms with Crippen LogP contribution < -0.4 is 10.1 Å². The Morgan fingerprint density at radius 1 is 1.20 bits per heavy atom. The summed E-state index contributed by atoms with van der Waals surface area (Å²) >= 11 is 0. The smallest absolute Gasteiger partial charge is 0.222 e. The minimum atomic E-state index is -0.00170. The standard InChI is InChI=1S/C15H24N2O3/c1-17(2)9-11-20-14-6-4-13(5-7-14)12-16-15(18)8-10-19-3/h4-7H,8-12H2,1-3H3,(H,16,18). The lowest BCUT2D eigenvalue weighted by molar-refractivity contribution is -0.122. The number of hydrogen-bond acceptors (Lipinski definition) is 4. The Morgan fingerprint density at radius 2 is 1.90 bits per heavy atom. The summed E-state index contributed by atoms with van der Waals surface area (Å²) < 4.78 is 10.5. The fourth-order valence-corrected chi connectivity index (χ4v) is 1.53. The normalized spacial score (nSPS) is 10.6. The fourth-order valence-electron chi connectivity index (χ4n) is 1.53. The molecule has 0 heterocycles. The molecule has 0 spiro atoms. The number of nitrogens with zero attached hydrogens (tertiary/aromatic N) is 1. The molecule has 1 aromatic rings. The van der Waals surface area contributed by atoms with Crippen molar-refractivity contribution in [2.75, 3.05) is 41.0 Å². The number of benzene rings is 1. The molecular weight excluding hydrogens is 256 g/mol. The molecule has 0 aliphatic carbocycles. The summed E-state index contributed by atoms with van der Waals surface area (Å²) in [5.41, 5.74) is 1.05. The highest BCUT2D eigenvalue weighted by Crippen LogP contribution is 2.12. The van der Waals surface area contributed by atoms with Crippen molar-refractivity contribution in [3.63, 3.8) is 0 Å². The van der Waals surface area contributed by atoms with E-state index < -0.39 is 0 Å². The van der Waals surface area contributed by atoms with Crippen molar-refractivity contribution in [2.24, 2.45) is 0 Å². The molecule has 0 fully saturated rings. The van der Waals surface area contributed by atoms with E-state index in [0.717, 1.165) is 17.9 Å². The van der Waals surface area contributed by atoms with Gasteiger partial charge in [0.1, 0.15) is 12.4 Å². The summed E-state index contributed by atoms with van der Waals surface area (Å²) in [7, 11) is 5.61. The van der Waals surface area contributed by atoms with Gasteiger partial charge >= 0.3 is 0 Å². The first-order valence-electron chi connectivity index (χ1n) is 6.74. The van der Waals surface area contributed by atoms with Crippen LogP contribution in [0.5, 0.6) is 5.75 Å². The van der Waals surface area contributed by atoms with Crippen LogP contribution in [0.2, 0.25) is 0 Å². The highest BCUT2D eigenvalue weighted by Gasteiger charge is 2.01. The highest BCUT2D eigenvalue weighted by molar-refractivity contribution is 5.75. The first-order chi connectivity index (χ1) is 9.61. The number of carbonyl (C=O) groups excluding carboxylic acids is 1. The third-order valence-corrected chi connectivity index (χ3v) is 2.75. The molecule has 0 atom stereocenters. The Balaban J connectivity index is 2.29. The highest BCUT2D eigenvalue weighted by atomic mass is 16.5. The topological polar surface area (TPSA) is 50.8 Å². The van der Waals surface area contributed by atoms with Gasteiger partial charge in [-0.2, -0.15) is 0 Å². The van der Waals surface area contributed by atoms with Gasteiger partial charge in [0.15, 0.2) is 0 Å². The summed E-state index contributed by atoms with van der Waals surface area (Å²) in [6.07, 6.45) is 0.391. The van der Waals surface area contributed by atoms with Crippen molar-refractivity contribution < 1.29 is 14.3 Å². The molecule has 1 aromatic carbocycles. The second-order valence-electron chi connectivity index (χ2n) is 4.82. The first kappa shape index (κ1) is 16.5. The van der Waals surface area contributed by atoms with E-state index in [0.29, 0.717) is 26.2 Å². The van der Waals surface area contributed by atoms with Crippen LogP contribution in [0, 0.1) is 0 Å². The third-order valence-electron chi connectivity index (χ3n) is 2.75. The fraction of sp³-hybridized carbons (Fsp3) is 0.533. The molecule has 0 radical (unpaired) electrons. The number of methoxy groups -OCH3 is 1. The lowest BCUT2D eigenvalue weighted by Gasteiger charge is -2.11. The Kier molecular flexibility index (Phi) is 7.69. The van der Waals surface area contributed by atoms with Crippen molar-refractivity contribution in [2.45, 2.75) is 13.0 Å². The Hall–Kier alpha value is -1.59. The number of hydrogen-bond donors (Lipinski definition) is 1. The van der Waals surface area contributed by atoms with Gasteiger partial charge in [0, 0.05) is 26.6 Å². The van der Waals surface area contributed by atoms with Gasteiger partial charge < -0.3 is 19.7 Å². The number of amides is 1. The van der Waals surface area contributed by atoms with E-state index in [2.05, 4.69) is 10.2 Å². The van der Waals surface area contributed by atoms with Gasteiger partial charge in [-0.3, -0.25) is 4.79 Å². The van der Waals surface area contributed by atoms with Gasteiger partial charge in [-0.15, -0.1) is 0 Å². The largest absolute Gasteiger partial charge is 0.492 e. The molecule has 0 unspecified atom stereocenters. The van der Waals surface area contributed by atoms with Crippen molar-refractivity contribution in [3.8, 4) is 5.75 Å². The van der Waals surface area contributed by atoms with Crippen LogP contribution >= 0.6 is 0 Å². The van der Waals surface area contributed by atoms with Gasteiger partial charge in [-0.05, 0) is 31.8 Å². The van der Waals surface area contributed by atoms with E-state index in [1.165, 1.54) is 0 Å². The molecule has 1 rings (SSSR count). The van der Waals surface area contributed by atoms with Crippen LogP contribution in [0.15, 0.2) is 24.3 Å². The second kappa shape index (κ2) is 9.34. The zero-order valence-corrected chi connectivity index (χ0v) is 12.5. The molecule has 0 bridgehead atoms. The molecule has 112 valence electrons. The molecule has 0 saturated heterocycles. The van der Waals surface area contributed by atoms with Gasteiger partial charge in [-0.1, -0.05) is 12.1 Å². The monoisotopic (exact) mass is 280 g/mol. The number of carbonyl (C=O) groups is 1. The van der Waals surface area contributed by atoms with Crippen LogP contribution in [0.3, 0.4) is 0 Å². The van der Waals surface area contributed by atoms with Crippen LogP contribution in [0.25, 0.3) is 0 Å². The molecule has 0 aromatic heterocycles. The summed E-state index contributed by atoms with van der Waals surface area (Å²) in [5, 5.41) is 2.84. The lowest BCUT2D eigenvalue weighted by Crippen LogP contribution is -2.23. The summed E-state index contributed by atoms with van der Waals surface area (Å²) in [6.45, 7) is 2.53. The van der Waals surface area contributed by atoms with Crippen molar-refractivity contribution in [3.05, 3.63) is 29.8 Å². The number of rotatable bonds is 9. The Morgan fingerprint density at radius 3 is 2.50 bits per heavy atom. The lowest BCUT2D eigenvalue weighted by atomic mass is 10.2. The molecular formula is C15H24N2O3. The van der Waals surface area contributed by atoms with Crippen molar-refractivity contribution in [1.29, 1.82) is 0 Å². The average Bonchev–Trinajstić information content (AvgIpc) is 2.44. The molecule has 1 N–H and O–H groups in total. The van der Waals surface area contributed by atoms with E-state index in [9.17, 15) is 4.79 Å². The number of ether oxygens (including phenoxy) is 2. The third kappa shape index (κ3) is 7.11. The molecule has 0 saturated carbocycles. The van der Waals surface area contributed by atoms with Crippen LogP contribution in [0.1, 0.15) is 12.0 Å². The quantitative estimate of drug-likeness (QED) is 0.740. The first-order valence-corrected chi connectivity index (χ1v) is 6.74. The van der Waals surface area contributed by atoms with Gasteiger partial charge in [0.2, 0.25) is 5.91 Å². The van der Waals surface area contributed by atoms with Crippen LogP contribution in [-0.2, 0) is 16.1 Å². The maximum Gasteiger partial charge on any atom is 0.222 e. The average molecular weight is 280 g/mol. The summed E-state index contributed by atoms with van der Waals surface area (Å²) in [6, 6.07) is 7.77. The molecule has 5 nitrogen and oxygen atoms in total. The van der Waals surface area contributed by atoms with E-state index in [4.69, 9.17) is 9.47 Å². The molecule has 5 heteroatoms. The predicted octanol–water partition coefficient (Wildman–Crippen LogP) is 1.28. The zero-order valence-electron chi connectivity index (χ0n) is 12.5. The maximum atomic E-state index is 11.4. The SMILES string of the molecule is COCCC(=O)NCc1ccc(OCCN(C)C)cc1. The molecule has 20 heavy (non-hydrogen) atoms. The minimum absolute atomic E-state index is 0.00170. The minimum Gasteiger partial charge on any atom is -0.492 e. The van der Waals surface area contributed by atoms with E-state index >= 15 is 0 Å². The molecule has 1 amide bonds. The predicted molar refractivity (Wildman–Crippen MR) is 78.8 cm³/mol. The van der Waals surface area contributed by atoms with Gasteiger partial charge in [-0.25, -0.2) is 0 Å². The van der Waals surface area contributed by atoms with Gasteiger partial charge in [0.05, 0.1) is 6.61 Å². The maximum absolute atomic E-state index is 11.4. The molecule has 0 aliphatic rings. The summed E-state index contributed by atoms with van der Waals surface area (Å²) in [4.78, 5) is 13.5. The summed E-state index contributed by atoms with van der Waals surface area (Å²) in [5.74, 6) is 0.847. The van der Waals surface area contributed by atoms with Gasteiger partial charge in [0.25, 0.3) is 0 Å². The van der Waals surface area contributed by atoms with Crippen LogP contribution in [-0.4, -0.2) is 51.8 Å². The van der Waals surface area contributed by atoms with Crippen molar-refractivity contribution >= 4 is 5.91 Å². The van der Waals surface area contributed by atoms with Crippen molar-refractivity contribution in [1.82, 2.24) is 10.2 Å². The Bertz CT molecular complexity index is 391. The number of nitrogens with one attached hydrogen (secondary N) is 1. The Labute approximate surface area is 120 Å². The zero-order chi connectivity index (χ0) is 14.8. The van der Waals surface area contributed by atoms with E-state index in [-0.39, 0.29) is 5.91 Å². The second-order valence-corrected chi connectivity index (χ2v) is 4.82. The van der Waals surface area contributed by atoms with E-state index in [1.54, 1.807) is 7.11 Å².